The monoisotopic (exact) mass is 370 g/mol. The van der Waals surface area contributed by atoms with E-state index in [1.807, 2.05) is 6.07 Å². The quantitative estimate of drug-likeness (QED) is 0.640. The van der Waals surface area contributed by atoms with Gasteiger partial charge in [-0.1, -0.05) is 11.6 Å². The van der Waals surface area contributed by atoms with Crippen molar-refractivity contribution in [3.63, 3.8) is 0 Å². The van der Waals surface area contributed by atoms with E-state index >= 15 is 0 Å². The molecule has 1 amide bonds. The molecule has 2 heterocycles. The topological polar surface area (TPSA) is 105 Å². The Kier molecular flexibility index (Phi) is 5.35. The molecule has 7 nitrogen and oxygen atoms in total. The van der Waals surface area contributed by atoms with Gasteiger partial charge in [0.05, 0.1) is 23.2 Å². The van der Waals surface area contributed by atoms with E-state index in [0.29, 0.717) is 17.7 Å². The molecule has 0 saturated carbocycles. The van der Waals surface area contributed by atoms with Crippen molar-refractivity contribution in [1.29, 1.82) is 5.26 Å². The summed E-state index contributed by atoms with van der Waals surface area (Å²) in [4.78, 5) is 12.0. The molecule has 1 aromatic heterocycles. The van der Waals surface area contributed by atoms with Crippen molar-refractivity contribution in [2.24, 2.45) is 0 Å². The highest BCUT2D eigenvalue weighted by Gasteiger charge is 2.32. The van der Waals surface area contributed by atoms with Gasteiger partial charge in [0.1, 0.15) is 16.8 Å². The molecule has 1 N–H and O–H groups in total. The molecular formula is C15H19ClN4O3S. The summed E-state index contributed by atoms with van der Waals surface area (Å²) in [7, 11) is -3.07. The molecule has 9 heteroatoms. The summed E-state index contributed by atoms with van der Waals surface area (Å²) in [6, 6.07) is 1.44. The molecule has 0 aliphatic carbocycles. The number of aryl methyl sites for hydroxylation is 1. The molecule has 0 spiro atoms. The van der Waals surface area contributed by atoms with Gasteiger partial charge in [-0.05, 0) is 33.3 Å². The van der Waals surface area contributed by atoms with Gasteiger partial charge >= 0.3 is 0 Å². The van der Waals surface area contributed by atoms with Crippen molar-refractivity contribution < 1.29 is 13.2 Å². The second-order valence-corrected chi connectivity index (χ2v) is 8.68. The standard InChI is InChI=1S/C15H19ClN4O3S/c1-9(2)18-15(21)11(7-17)6-13-10(3)19-20(14(13)16)12-4-5-24(22,23)8-12/h6,9,12H,4-5,8H2,1-3H3,(H,18,21)/b11-6+/t12-/m1/s1. The Hall–Kier alpha value is -1.85. The van der Waals surface area contributed by atoms with E-state index in [0.717, 1.165) is 0 Å². The van der Waals surface area contributed by atoms with Gasteiger partial charge in [-0.15, -0.1) is 0 Å². The van der Waals surface area contributed by atoms with Crippen LogP contribution in [0.25, 0.3) is 6.08 Å². The number of hydrogen-bond donors (Lipinski definition) is 1. The number of amides is 1. The molecule has 24 heavy (non-hydrogen) atoms. The summed E-state index contributed by atoms with van der Waals surface area (Å²) >= 11 is 6.33. The van der Waals surface area contributed by atoms with Crippen LogP contribution in [-0.2, 0) is 14.6 Å². The average molecular weight is 371 g/mol. The van der Waals surface area contributed by atoms with Crippen molar-refractivity contribution in [3.8, 4) is 6.07 Å². The van der Waals surface area contributed by atoms with Crippen LogP contribution in [0.5, 0.6) is 0 Å². The number of carbonyl (C=O) groups is 1. The molecule has 1 aliphatic rings. The van der Waals surface area contributed by atoms with Gasteiger partial charge in [-0.25, -0.2) is 13.1 Å². The Morgan fingerprint density at radius 3 is 2.71 bits per heavy atom. The Balaban J connectivity index is 2.37. The van der Waals surface area contributed by atoms with Gasteiger partial charge in [0, 0.05) is 11.6 Å². The van der Waals surface area contributed by atoms with Crippen LogP contribution in [0.3, 0.4) is 0 Å². The van der Waals surface area contributed by atoms with Crippen LogP contribution in [0.15, 0.2) is 5.57 Å². The molecule has 1 saturated heterocycles. The maximum Gasteiger partial charge on any atom is 0.262 e. The Morgan fingerprint density at radius 2 is 2.21 bits per heavy atom. The number of nitrogens with one attached hydrogen (secondary N) is 1. The van der Waals surface area contributed by atoms with Crippen molar-refractivity contribution in [2.75, 3.05) is 11.5 Å². The van der Waals surface area contributed by atoms with E-state index in [4.69, 9.17) is 11.6 Å². The number of aromatic nitrogens is 2. The van der Waals surface area contributed by atoms with Gasteiger partial charge < -0.3 is 5.32 Å². The fraction of sp³-hybridized carbons (Fsp3) is 0.533. The molecule has 0 aromatic carbocycles. The first-order valence-electron chi connectivity index (χ1n) is 7.52. The predicted molar refractivity (Wildman–Crippen MR) is 91.2 cm³/mol. The largest absolute Gasteiger partial charge is 0.349 e. The number of halogens is 1. The number of sulfone groups is 1. The normalized spacial score (nSPS) is 20.2. The molecule has 2 rings (SSSR count). The minimum Gasteiger partial charge on any atom is -0.349 e. The molecule has 1 aromatic rings. The minimum absolute atomic E-state index is 0.00403. The lowest BCUT2D eigenvalue weighted by molar-refractivity contribution is -0.117. The first-order valence-corrected chi connectivity index (χ1v) is 9.72. The fourth-order valence-electron chi connectivity index (χ4n) is 2.54. The fourth-order valence-corrected chi connectivity index (χ4v) is 4.60. The molecule has 1 atom stereocenters. The Bertz CT molecular complexity index is 834. The average Bonchev–Trinajstić information content (AvgIpc) is 2.96. The summed E-state index contributed by atoms with van der Waals surface area (Å²) in [6.45, 7) is 5.29. The number of rotatable bonds is 4. The predicted octanol–water partition coefficient (Wildman–Crippen LogP) is 1.64. The summed E-state index contributed by atoms with van der Waals surface area (Å²) in [5.74, 6) is -0.381. The van der Waals surface area contributed by atoms with E-state index in [-0.39, 0.29) is 34.3 Å². The highest BCUT2D eigenvalue weighted by Crippen LogP contribution is 2.30. The van der Waals surface area contributed by atoms with Crippen molar-refractivity contribution in [2.45, 2.75) is 39.3 Å². The molecular weight excluding hydrogens is 352 g/mol. The lowest BCUT2D eigenvalue weighted by Crippen LogP contribution is -2.30. The van der Waals surface area contributed by atoms with Crippen LogP contribution in [0.1, 0.15) is 37.6 Å². The summed E-state index contributed by atoms with van der Waals surface area (Å²) in [6.07, 6.45) is 1.84. The van der Waals surface area contributed by atoms with E-state index in [9.17, 15) is 18.5 Å². The molecule has 1 aliphatic heterocycles. The maximum atomic E-state index is 12.0. The van der Waals surface area contributed by atoms with Gasteiger partial charge in [-0.2, -0.15) is 10.4 Å². The Labute approximate surface area is 146 Å². The number of hydrogen-bond acceptors (Lipinski definition) is 5. The van der Waals surface area contributed by atoms with Crippen LogP contribution in [0.4, 0.5) is 0 Å². The van der Waals surface area contributed by atoms with E-state index in [1.165, 1.54) is 10.8 Å². The highest BCUT2D eigenvalue weighted by atomic mass is 35.5. The number of nitriles is 1. The Morgan fingerprint density at radius 1 is 1.54 bits per heavy atom. The molecule has 0 radical (unpaired) electrons. The van der Waals surface area contributed by atoms with Crippen LogP contribution in [-0.4, -0.2) is 41.7 Å². The molecule has 0 bridgehead atoms. The van der Waals surface area contributed by atoms with Gasteiger partial charge in [0.2, 0.25) is 0 Å². The summed E-state index contributed by atoms with van der Waals surface area (Å²) in [5, 5.41) is 16.4. The van der Waals surface area contributed by atoms with E-state index in [1.54, 1.807) is 20.8 Å². The zero-order valence-corrected chi connectivity index (χ0v) is 15.3. The van der Waals surface area contributed by atoms with Crippen LogP contribution >= 0.6 is 11.6 Å². The van der Waals surface area contributed by atoms with Crippen molar-refractivity contribution in [1.82, 2.24) is 15.1 Å². The minimum atomic E-state index is -3.07. The summed E-state index contributed by atoms with van der Waals surface area (Å²) in [5.41, 5.74) is 0.915. The zero-order chi connectivity index (χ0) is 18.1. The van der Waals surface area contributed by atoms with Crippen molar-refractivity contribution >= 4 is 33.4 Å². The molecule has 0 unspecified atom stereocenters. The smallest absolute Gasteiger partial charge is 0.262 e. The van der Waals surface area contributed by atoms with E-state index in [2.05, 4.69) is 10.4 Å². The molecule has 130 valence electrons. The third-order valence-electron chi connectivity index (χ3n) is 3.70. The number of nitrogens with zero attached hydrogens (tertiary/aromatic N) is 3. The number of carbonyl (C=O) groups excluding carboxylic acids is 1. The van der Waals surface area contributed by atoms with Crippen LogP contribution in [0, 0.1) is 18.3 Å². The second-order valence-electron chi connectivity index (χ2n) is 6.09. The zero-order valence-electron chi connectivity index (χ0n) is 13.7. The highest BCUT2D eigenvalue weighted by molar-refractivity contribution is 7.91. The SMILES string of the molecule is Cc1nn([C@@H]2CCS(=O)(=O)C2)c(Cl)c1/C=C(\C#N)C(=O)NC(C)C. The van der Waals surface area contributed by atoms with Gasteiger partial charge in [0.15, 0.2) is 9.84 Å². The second kappa shape index (κ2) is 6.95. The first kappa shape index (κ1) is 18.5. The lowest BCUT2D eigenvalue weighted by atomic mass is 10.1. The van der Waals surface area contributed by atoms with E-state index < -0.39 is 15.7 Å². The van der Waals surface area contributed by atoms with Gasteiger partial charge in [0.25, 0.3) is 5.91 Å². The first-order chi connectivity index (χ1) is 11.1. The third-order valence-corrected chi connectivity index (χ3v) is 5.83. The third kappa shape index (κ3) is 3.97. The maximum absolute atomic E-state index is 12.0. The van der Waals surface area contributed by atoms with Crippen LogP contribution < -0.4 is 5.32 Å². The van der Waals surface area contributed by atoms with Crippen molar-refractivity contribution in [3.05, 3.63) is 22.0 Å². The lowest BCUT2D eigenvalue weighted by Gasteiger charge is -2.09. The van der Waals surface area contributed by atoms with Crippen LogP contribution in [0.2, 0.25) is 5.15 Å². The van der Waals surface area contributed by atoms with Gasteiger partial charge in [-0.3, -0.25) is 4.79 Å². The molecule has 1 fully saturated rings. The summed E-state index contributed by atoms with van der Waals surface area (Å²) < 4.78 is 24.8.